The van der Waals surface area contributed by atoms with E-state index in [1.165, 1.54) is 99.3 Å². The number of hydrogen-bond donors (Lipinski definition) is 0. The van der Waals surface area contributed by atoms with Crippen LogP contribution in [-0.4, -0.2) is 60.0 Å². The number of hydrogen-bond acceptors (Lipinski definition) is 0. The maximum absolute atomic E-state index is 3.62. The summed E-state index contributed by atoms with van der Waals surface area (Å²) in [5.74, 6) is 0. The van der Waals surface area contributed by atoms with Gasteiger partial charge in [0.2, 0.25) is 0 Å². The van der Waals surface area contributed by atoms with Gasteiger partial charge >= 0.3 is 185 Å². The Morgan fingerprint density at radius 2 is 0.721 bits per heavy atom. The van der Waals surface area contributed by atoms with Gasteiger partial charge in [0, 0.05) is 5.41 Å². The Bertz CT molecular complexity index is 872. The predicted molar refractivity (Wildman–Crippen MR) is 205 cm³/mol. The normalized spacial score (nSPS) is 12.8. The van der Waals surface area contributed by atoms with Crippen LogP contribution in [0.2, 0.25) is 26.6 Å². The van der Waals surface area contributed by atoms with Crippen molar-refractivity contribution >= 4 is 70.4 Å². The van der Waals surface area contributed by atoms with Crippen LogP contribution < -0.4 is 10.4 Å². The summed E-state index contributed by atoms with van der Waals surface area (Å²) in [5, 5.41) is 2.28. The molecule has 4 heteroatoms. The summed E-state index contributed by atoms with van der Waals surface area (Å²) < 4.78 is 10.1. The Kier molecular flexibility index (Phi) is 23.8. The zero-order valence-electron chi connectivity index (χ0n) is 29.7. The van der Waals surface area contributed by atoms with Gasteiger partial charge in [0.25, 0.3) is 0 Å². The zero-order valence-corrected chi connectivity index (χ0v) is 37.4. The van der Waals surface area contributed by atoms with Gasteiger partial charge in [-0.05, 0) is 22.3 Å². The van der Waals surface area contributed by atoms with Crippen LogP contribution in [0, 0.1) is 0 Å². The first-order valence-corrected chi connectivity index (χ1v) is 31.2. The Labute approximate surface area is 291 Å². The van der Waals surface area contributed by atoms with Gasteiger partial charge in [-0.25, -0.2) is 0 Å². The van der Waals surface area contributed by atoms with Crippen molar-refractivity contribution in [1.82, 2.24) is 0 Å². The van der Waals surface area contributed by atoms with Crippen LogP contribution in [0.1, 0.15) is 144 Å². The van der Waals surface area contributed by atoms with E-state index in [1.807, 2.05) is 0 Å². The van der Waals surface area contributed by atoms with Crippen LogP contribution in [0.5, 0.6) is 0 Å². The summed E-state index contributed by atoms with van der Waals surface area (Å²) >= 11 is -1.68. The molecular formula is C39H66Si2Sn2. The van der Waals surface area contributed by atoms with E-state index in [1.54, 1.807) is 26.6 Å². The molecule has 1 aliphatic rings. The second-order valence-electron chi connectivity index (χ2n) is 13.3. The molecule has 0 N–H and O–H groups in total. The molecule has 1 aliphatic carbocycles. The molecule has 0 aliphatic heterocycles. The van der Waals surface area contributed by atoms with Crippen LogP contribution in [0.3, 0.4) is 0 Å². The molecule has 0 bridgehead atoms. The first-order valence-electron chi connectivity index (χ1n) is 18.1. The fraction of sp³-hybridized carbons (Fsp3) is 0.692. The van der Waals surface area contributed by atoms with E-state index >= 15 is 0 Å². The topological polar surface area (TPSA) is 0 Å². The number of benzene rings is 2. The molecule has 0 saturated heterocycles. The Morgan fingerprint density at radius 1 is 0.465 bits per heavy atom. The standard InChI is InChI=1S/C15H12Si2.6C4H9.2Sn/c1-15(2)13-7-9(16)3-5-11(13)12-6-4-10(17)8-14(12)15;6*1-3-4-2;;/h3-8H,1-2H3;6*1,3-4H2,2H3;;. The first-order chi connectivity index (χ1) is 20.7. The van der Waals surface area contributed by atoms with Crippen molar-refractivity contribution in [1.29, 1.82) is 0 Å². The van der Waals surface area contributed by atoms with E-state index in [-0.39, 0.29) is 5.41 Å². The molecular weight excluding hydrogens is 762 g/mol. The third kappa shape index (κ3) is 15.7. The van der Waals surface area contributed by atoms with E-state index in [9.17, 15) is 0 Å². The van der Waals surface area contributed by atoms with Gasteiger partial charge < -0.3 is 0 Å². The van der Waals surface area contributed by atoms with E-state index in [2.05, 4.69) is 112 Å². The van der Waals surface area contributed by atoms with Gasteiger partial charge in [0.15, 0.2) is 0 Å². The number of unbranched alkanes of at least 4 members (excludes halogenated alkanes) is 6. The van der Waals surface area contributed by atoms with Gasteiger partial charge in [-0.15, -0.1) is 0 Å². The van der Waals surface area contributed by atoms with Crippen molar-refractivity contribution in [2.24, 2.45) is 0 Å². The summed E-state index contributed by atoms with van der Waals surface area (Å²) in [6, 6.07) is 13.1. The van der Waals surface area contributed by atoms with E-state index < -0.39 is 39.5 Å². The minimum atomic E-state index is -0.839. The molecule has 0 unspecified atom stereocenters. The Morgan fingerprint density at radius 3 is 0.953 bits per heavy atom. The van der Waals surface area contributed by atoms with E-state index in [0.29, 0.717) is 0 Å². The SMILES string of the molecule is CC1(C)c2cc([Si])ccc2-c2ccc([Si])cc21.CCC[CH2][Sn]([CH2]CCC)[CH2]CCC.CCC[CH2][Sn]([CH2]CCC)[CH2]CCC. The number of fused-ring (bicyclic) bond motifs is 3. The van der Waals surface area contributed by atoms with Crippen LogP contribution in [0.15, 0.2) is 36.4 Å². The summed E-state index contributed by atoms with van der Waals surface area (Å²) in [6.07, 6.45) is 17.7. The minimum absolute atomic E-state index is 0.0794. The second-order valence-corrected chi connectivity index (χ2v) is 31.5. The average Bonchev–Trinajstić information content (AvgIpc) is 3.22. The summed E-state index contributed by atoms with van der Waals surface area (Å²) in [6.45, 7) is 18.6. The van der Waals surface area contributed by atoms with Gasteiger partial charge in [0.05, 0.1) is 20.5 Å². The molecule has 0 aromatic heterocycles. The van der Waals surface area contributed by atoms with Crippen molar-refractivity contribution in [2.45, 2.75) is 164 Å². The maximum atomic E-state index is 3.62. The molecule has 0 fully saturated rings. The van der Waals surface area contributed by atoms with Crippen LogP contribution >= 0.6 is 0 Å². The van der Waals surface area contributed by atoms with Crippen molar-refractivity contribution in [3.8, 4) is 11.1 Å². The van der Waals surface area contributed by atoms with Crippen LogP contribution in [0.4, 0.5) is 0 Å². The fourth-order valence-electron chi connectivity index (χ4n) is 6.05. The average molecular weight is 829 g/mol. The molecule has 0 nitrogen and oxygen atoms in total. The van der Waals surface area contributed by atoms with Crippen LogP contribution in [-0.2, 0) is 5.41 Å². The Balaban J connectivity index is 0.000000329. The summed E-state index contributed by atoms with van der Waals surface area (Å²) in [5.41, 5.74) is 5.60. The first kappa shape index (κ1) is 41.5. The van der Waals surface area contributed by atoms with E-state index in [4.69, 9.17) is 0 Å². The summed E-state index contributed by atoms with van der Waals surface area (Å²) in [7, 11) is 7.24. The molecule has 43 heavy (non-hydrogen) atoms. The van der Waals surface area contributed by atoms with Crippen molar-refractivity contribution in [3.05, 3.63) is 47.5 Å². The second kappa shape index (κ2) is 24.6. The third-order valence-corrected chi connectivity index (χ3v) is 27.8. The monoisotopic (exact) mass is 830 g/mol. The molecule has 3 rings (SSSR count). The quantitative estimate of drug-likeness (QED) is 0.131. The van der Waals surface area contributed by atoms with E-state index in [0.717, 1.165) is 10.4 Å². The fourth-order valence-corrected chi connectivity index (χ4v) is 25.4. The molecule has 0 saturated carbocycles. The molecule has 0 amide bonds. The molecule has 8 radical (unpaired) electrons. The van der Waals surface area contributed by atoms with Gasteiger partial charge in [-0.3, -0.25) is 0 Å². The predicted octanol–water partition coefficient (Wildman–Crippen LogP) is 11.3. The molecule has 0 heterocycles. The van der Waals surface area contributed by atoms with Crippen molar-refractivity contribution < 1.29 is 0 Å². The third-order valence-electron chi connectivity index (χ3n) is 8.98. The molecule has 2 aromatic rings. The van der Waals surface area contributed by atoms with Gasteiger partial charge in [-0.2, -0.15) is 0 Å². The van der Waals surface area contributed by atoms with Crippen molar-refractivity contribution in [3.63, 3.8) is 0 Å². The van der Waals surface area contributed by atoms with Crippen LogP contribution in [0.25, 0.3) is 11.1 Å². The number of rotatable bonds is 18. The molecule has 2 aromatic carbocycles. The van der Waals surface area contributed by atoms with Gasteiger partial charge in [-0.1, -0.05) is 60.6 Å². The molecule has 0 spiro atoms. The Hall–Kier alpha value is 0.471. The van der Waals surface area contributed by atoms with Crippen molar-refractivity contribution in [2.75, 3.05) is 0 Å². The molecule has 238 valence electrons. The molecule has 0 atom stereocenters. The summed E-state index contributed by atoms with van der Waals surface area (Å²) in [4.78, 5) is 0. The zero-order chi connectivity index (χ0) is 32.1. The van der Waals surface area contributed by atoms with Gasteiger partial charge in [0.1, 0.15) is 0 Å².